The number of hydrazone groups is 1. The molecule has 0 bridgehead atoms. The molecule has 1 saturated carbocycles. The Kier molecular flexibility index (Phi) is 4.72. The fraction of sp³-hybridized carbons (Fsp3) is 0.333. The minimum atomic E-state index is -0.530. The summed E-state index contributed by atoms with van der Waals surface area (Å²) in [5.74, 6) is 0. The first-order chi connectivity index (χ1) is 9.29. The topological polar surface area (TPSA) is 50.7 Å². The van der Waals surface area contributed by atoms with Gasteiger partial charge >= 0.3 is 6.09 Å². The summed E-state index contributed by atoms with van der Waals surface area (Å²) in [4.78, 5) is 11.1. The van der Waals surface area contributed by atoms with Gasteiger partial charge in [0.25, 0.3) is 0 Å². The highest BCUT2D eigenvalue weighted by Crippen LogP contribution is 2.23. The number of hydrogen-bond acceptors (Lipinski definition) is 3. The van der Waals surface area contributed by atoms with Crippen molar-refractivity contribution in [3.8, 4) is 0 Å². The van der Waals surface area contributed by atoms with Crippen LogP contribution in [0.15, 0.2) is 41.0 Å². The van der Waals surface area contributed by atoms with Gasteiger partial charge in [0.05, 0.1) is 12.8 Å². The van der Waals surface area contributed by atoms with Crippen molar-refractivity contribution >= 4 is 17.9 Å². The van der Waals surface area contributed by atoms with E-state index in [1.165, 1.54) is 12.7 Å². The van der Waals surface area contributed by atoms with Gasteiger partial charge in [-0.1, -0.05) is 30.3 Å². The van der Waals surface area contributed by atoms with E-state index >= 15 is 0 Å². The molecule has 1 aliphatic carbocycles. The van der Waals surface area contributed by atoms with Gasteiger partial charge in [-0.15, -0.1) is 0 Å². The van der Waals surface area contributed by atoms with Crippen molar-refractivity contribution in [1.29, 1.82) is 0 Å². The molecule has 0 radical (unpaired) electrons. The van der Waals surface area contributed by atoms with E-state index in [0.717, 1.165) is 37.0 Å². The van der Waals surface area contributed by atoms with Gasteiger partial charge in [-0.25, -0.2) is 10.2 Å². The Hall–Kier alpha value is -2.10. The van der Waals surface area contributed by atoms with E-state index < -0.39 is 6.09 Å². The van der Waals surface area contributed by atoms with Gasteiger partial charge in [0.1, 0.15) is 0 Å². The Morgan fingerprint density at radius 3 is 2.74 bits per heavy atom. The first-order valence-corrected chi connectivity index (χ1v) is 6.46. The third-order valence-corrected chi connectivity index (χ3v) is 3.09. The summed E-state index contributed by atoms with van der Waals surface area (Å²) in [6.45, 7) is 0. The third-order valence-electron chi connectivity index (χ3n) is 3.09. The summed E-state index contributed by atoms with van der Waals surface area (Å²) in [6.07, 6.45) is 5.76. The van der Waals surface area contributed by atoms with Crippen molar-refractivity contribution in [1.82, 2.24) is 5.43 Å². The van der Waals surface area contributed by atoms with Crippen molar-refractivity contribution in [2.45, 2.75) is 25.7 Å². The Balaban J connectivity index is 2.16. The lowest BCUT2D eigenvalue weighted by atomic mass is 9.91. The zero-order valence-corrected chi connectivity index (χ0v) is 11.1. The molecule has 0 aliphatic heterocycles. The molecule has 1 aromatic rings. The van der Waals surface area contributed by atoms with Gasteiger partial charge in [-0.05, 0) is 42.9 Å². The van der Waals surface area contributed by atoms with E-state index in [4.69, 9.17) is 0 Å². The number of ether oxygens (including phenoxy) is 1. The van der Waals surface area contributed by atoms with Crippen molar-refractivity contribution < 1.29 is 9.53 Å². The Labute approximate surface area is 113 Å². The molecule has 1 fully saturated rings. The maximum Gasteiger partial charge on any atom is 0.427 e. The maximum absolute atomic E-state index is 11.1. The minimum absolute atomic E-state index is 0.530. The van der Waals surface area contributed by atoms with Gasteiger partial charge in [0, 0.05) is 0 Å². The van der Waals surface area contributed by atoms with Crippen LogP contribution in [0.1, 0.15) is 31.2 Å². The van der Waals surface area contributed by atoms with Crippen LogP contribution in [0.5, 0.6) is 0 Å². The largest absolute Gasteiger partial charge is 0.452 e. The van der Waals surface area contributed by atoms with Gasteiger partial charge in [0.15, 0.2) is 0 Å². The molecule has 19 heavy (non-hydrogen) atoms. The molecule has 1 aliphatic rings. The van der Waals surface area contributed by atoms with Crippen molar-refractivity contribution in [2.24, 2.45) is 5.10 Å². The molecule has 0 saturated heterocycles. The monoisotopic (exact) mass is 258 g/mol. The summed E-state index contributed by atoms with van der Waals surface area (Å²) >= 11 is 0. The van der Waals surface area contributed by atoms with Crippen LogP contribution in [0.4, 0.5) is 4.79 Å². The molecular weight excluding hydrogens is 240 g/mol. The summed E-state index contributed by atoms with van der Waals surface area (Å²) in [6, 6.07) is 10.1. The molecule has 1 aromatic carbocycles. The lowest BCUT2D eigenvalue weighted by Gasteiger charge is -2.16. The van der Waals surface area contributed by atoms with Crippen LogP contribution in [0.2, 0.25) is 0 Å². The molecule has 0 unspecified atom stereocenters. The predicted molar refractivity (Wildman–Crippen MR) is 75.9 cm³/mol. The Bertz CT molecular complexity index is 492. The number of nitrogens with one attached hydrogen (secondary N) is 1. The molecule has 2 rings (SSSR count). The first-order valence-electron chi connectivity index (χ1n) is 6.46. The number of allylic oxidation sites excluding steroid dienone is 1. The second-order valence-electron chi connectivity index (χ2n) is 4.45. The van der Waals surface area contributed by atoms with Crippen LogP contribution in [-0.2, 0) is 4.74 Å². The molecule has 4 nitrogen and oxygen atoms in total. The SMILES string of the molecule is COC(=O)N/N=C1\CCCC\C1=C\c1ccccc1. The number of carbonyl (C=O) groups excluding carboxylic acids is 1. The van der Waals surface area contributed by atoms with Crippen molar-refractivity contribution in [2.75, 3.05) is 7.11 Å². The number of amides is 1. The number of methoxy groups -OCH3 is 1. The van der Waals surface area contributed by atoms with E-state index in [1.807, 2.05) is 18.2 Å². The van der Waals surface area contributed by atoms with Gasteiger partial charge in [-0.2, -0.15) is 5.10 Å². The summed E-state index contributed by atoms with van der Waals surface area (Å²) in [7, 11) is 1.33. The van der Waals surface area contributed by atoms with E-state index in [9.17, 15) is 4.79 Å². The fourth-order valence-electron chi connectivity index (χ4n) is 2.11. The number of rotatable bonds is 2. The average Bonchev–Trinajstić information content (AvgIpc) is 2.47. The standard InChI is InChI=1S/C15H18N2O2/c1-19-15(18)17-16-14-10-6-5-9-13(14)11-12-7-3-2-4-8-12/h2-4,7-8,11H,5-6,9-10H2,1H3,(H,17,18)/b13-11-,16-14+. The second-order valence-corrected chi connectivity index (χ2v) is 4.45. The van der Waals surface area contributed by atoms with Crippen molar-refractivity contribution in [3.05, 3.63) is 41.5 Å². The zero-order chi connectivity index (χ0) is 13.5. The van der Waals surface area contributed by atoms with E-state index in [2.05, 4.69) is 33.5 Å². The van der Waals surface area contributed by atoms with E-state index in [1.54, 1.807) is 0 Å². The van der Waals surface area contributed by atoms with Crippen molar-refractivity contribution in [3.63, 3.8) is 0 Å². The van der Waals surface area contributed by atoms with Crippen LogP contribution in [0.25, 0.3) is 6.08 Å². The van der Waals surface area contributed by atoms with Crippen LogP contribution in [0, 0.1) is 0 Å². The number of hydrogen-bond donors (Lipinski definition) is 1. The van der Waals surface area contributed by atoms with E-state index in [0.29, 0.717) is 0 Å². The maximum atomic E-state index is 11.1. The molecule has 0 atom stereocenters. The predicted octanol–water partition coefficient (Wildman–Crippen LogP) is 3.36. The quantitative estimate of drug-likeness (QED) is 0.827. The molecule has 0 aromatic heterocycles. The number of benzene rings is 1. The highest BCUT2D eigenvalue weighted by Gasteiger charge is 2.14. The summed E-state index contributed by atoms with van der Waals surface area (Å²) in [5.41, 5.74) is 5.70. The molecule has 100 valence electrons. The van der Waals surface area contributed by atoms with Crippen LogP contribution in [-0.4, -0.2) is 18.9 Å². The van der Waals surface area contributed by atoms with Crippen LogP contribution < -0.4 is 5.43 Å². The zero-order valence-electron chi connectivity index (χ0n) is 11.1. The Morgan fingerprint density at radius 1 is 1.26 bits per heavy atom. The lowest BCUT2D eigenvalue weighted by molar-refractivity contribution is 0.171. The van der Waals surface area contributed by atoms with Gasteiger partial charge < -0.3 is 4.74 Å². The molecule has 4 heteroatoms. The molecular formula is C15H18N2O2. The first kappa shape index (κ1) is 13.3. The molecule has 1 amide bonds. The smallest absolute Gasteiger partial charge is 0.427 e. The molecule has 0 spiro atoms. The fourth-order valence-corrected chi connectivity index (χ4v) is 2.11. The highest BCUT2D eigenvalue weighted by molar-refractivity contribution is 6.04. The normalized spacial score (nSPS) is 19.4. The molecule has 1 N–H and O–H groups in total. The van der Waals surface area contributed by atoms with Gasteiger partial charge in [-0.3, -0.25) is 0 Å². The third kappa shape index (κ3) is 3.95. The molecule has 0 heterocycles. The number of carbonyl (C=O) groups is 1. The van der Waals surface area contributed by atoms with Crippen LogP contribution >= 0.6 is 0 Å². The van der Waals surface area contributed by atoms with Gasteiger partial charge in [0.2, 0.25) is 0 Å². The average molecular weight is 258 g/mol. The van der Waals surface area contributed by atoms with E-state index in [-0.39, 0.29) is 0 Å². The second kappa shape index (κ2) is 6.73. The Morgan fingerprint density at radius 2 is 2.00 bits per heavy atom. The highest BCUT2D eigenvalue weighted by atomic mass is 16.5. The lowest BCUT2D eigenvalue weighted by Crippen LogP contribution is -2.21. The summed E-state index contributed by atoms with van der Waals surface area (Å²) < 4.78 is 4.52. The van der Waals surface area contributed by atoms with Crippen LogP contribution in [0.3, 0.4) is 0 Å². The minimum Gasteiger partial charge on any atom is -0.452 e. The summed E-state index contributed by atoms with van der Waals surface area (Å²) in [5, 5.41) is 4.16. The number of nitrogens with zero attached hydrogens (tertiary/aromatic N) is 1.